The molecule has 0 saturated heterocycles. The predicted octanol–water partition coefficient (Wildman–Crippen LogP) is 3.13. The molecule has 6 nitrogen and oxygen atoms in total. The smallest absolute Gasteiger partial charge is 0.213 e. The van der Waals surface area contributed by atoms with Crippen LogP contribution in [-0.2, 0) is 11.3 Å². The van der Waals surface area contributed by atoms with E-state index >= 15 is 0 Å². The molecule has 2 rings (SSSR count). The number of rotatable bonds is 10. The topological polar surface area (TPSA) is 67.8 Å². The van der Waals surface area contributed by atoms with E-state index in [9.17, 15) is 0 Å². The number of nitrogens with zero attached hydrogens (tertiary/aromatic N) is 2. The van der Waals surface area contributed by atoms with Gasteiger partial charge in [-0.25, -0.2) is 9.98 Å². The second-order valence-corrected chi connectivity index (χ2v) is 7.32. The predicted molar refractivity (Wildman–Crippen MR) is 106 cm³/mol. The highest BCUT2D eigenvalue weighted by atomic mass is 16.5. The zero-order chi connectivity index (χ0) is 18.8. The Morgan fingerprint density at radius 2 is 2.12 bits per heavy atom. The number of aliphatic imine (C=N–C) groups is 1. The van der Waals surface area contributed by atoms with Crippen LogP contribution in [0.3, 0.4) is 0 Å². The lowest BCUT2D eigenvalue weighted by Crippen LogP contribution is -2.46. The van der Waals surface area contributed by atoms with Crippen LogP contribution in [0.15, 0.2) is 23.3 Å². The minimum Gasteiger partial charge on any atom is -0.475 e. The summed E-state index contributed by atoms with van der Waals surface area (Å²) in [7, 11) is 1.77. The highest BCUT2D eigenvalue weighted by Gasteiger charge is 2.36. The average molecular weight is 363 g/mol. The van der Waals surface area contributed by atoms with Gasteiger partial charge in [-0.05, 0) is 51.0 Å². The molecule has 2 N–H and O–H groups in total. The van der Waals surface area contributed by atoms with E-state index < -0.39 is 0 Å². The van der Waals surface area contributed by atoms with Crippen LogP contribution in [0.1, 0.15) is 52.0 Å². The van der Waals surface area contributed by atoms with Crippen molar-refractivity contribution in [1.82, 2.24) is 15.6 Å². The van der Waals surface area contributed by atoms with Crippen molar-refractivity contribution in [3.8, 4) is 5.88 Å². The SMILES string of the molecule is CCNC(=NCc1ccc(OC(C)C)nc1)NCC1(CCOC)CCC1. The van der Waals surface area contributed by atoms with Crippen molar-refractivity contribution in [2.75, 3.05) is 26.8 Å². The molecule has 1 aromatic rings. The summed E-state index contributed by atoms with van der Waals surface area (Å²) in [5.41, 5.74) is 1.43. The van der Waals surface area contributed by atoms with Gasteiger partial charge in [0.1, 0.15) is 0 Å². The number of nitrogens with one attached hydrogen (secondary N) is 2. The van der Waals surface area contributed by atoms with Crippen molar-refractivity contribution in [3.63, 3.8) is 0 Å². The van der Waals surface area contributed by atoms with Crippen molar-refractivity contribution in [3.05, 3.63) is 23.9 Å². The van der Waals surface area contributed by atoms with E-state index in [2.05, 4.69) is 22.5 Å². The number of guanidine groups is 1. The molecule has 1 saturated carbocycles. The maximum atomic E-state index is 5.58. The normalized spacial score (nSPS) is 16.3. The molecule has 1 fully saturated rings. The number of pyridine rings is 1. The van der Waals surface area contributed by atoms with Crippen LogP contribution in [0.4, 0.5) is 0 Å². The second kappa shape index (κ2) is 10.4. The Kier molecular flexibility index (Phi) is 8.16. The third-order valence-electron chi connectivity index (χ3n) is 4.80. The molecule has 0 aromatic carbocycles. The van der Waals surface area contributed by atoms with Crippen LogP contribution in [-0.4, -0.2) is 43.9 Å². The molecule has 1 heterocycles. The van der Waals surface area contributed by atoms with Gasteiger partial charge in [-0.2, -0.15) is 0 Å². The Hall–Kier alpha value is -1.82. The lowest BCUT2D eigenvalue weighted by atomic mass is 9.67. The fourth-order valence-electron chi connectivity index (χ4n) is 3.11. The quantitative estimate of drug-likeness (QED) is 0.494. The van der Waals surface area contributed by atoms with Crippen molar-refractivity contribution >= 4 is 5.96 Å². The first-order chi connectivity index (χ1) is 12.6. The number of hydrogen-bond donors (Lipinski definition) is 2. The number of aromatic nitrogens is 1. The van der Waals surface area contributed by atoms with E-state index in [1.807, 2.05) is 32.2 Å². The third kappa shape index (κ3) is 6.48. The molecule has 0 bridgehead atoms. The summed E-state index contributed by atoms with van der Waals surface area (Å²) in [5.74, 6) is 1.52. The largest absolute Gasteiger partial charge is 0.475 e. The fourth-order valence-corrected chi connectivity index (χ4v) is 3.11. The van der Waals surface area contributed by atoms with Gasteiger partial charge in [-0.15, -0.1) is 0 Å². The second-order valence-electron chi connectivity index (χ2n) is 7.32. The summed E-state index contributed by atoms with van der Waals surface area (Å²) in [6.45, 7) is 9.28. The summed E-state index contributed by atoms with van der Waals surface area (Å²) in [4.78, 5) is 9.04. The highest BCUT2D eigenvalue weighted by Crippen LogP contribution is 2.43. The molecular formula is C20H34N4O2. The van der Waals surface area contributed by atoms with Crippen molar-refractivity contribution < 1.29 is 9.47 Å². The first-order valence-electron chi connectivity index (χ1n) is 9.69. The third-order valence-corrected chi connectivity index (χ3v) is 4.80. The maximum Gasteiger partial charge on any atom is 0.213 e. The summed E-state index contributed by atoms with van der Waals surface area (Å²) >= 11 is 0. The lowest BCUT2D eigenvalue weighted by molar-refractivity contribution is 0.0732. The Morgan fingerprint density at radius 3 is 2.65 bits per heavy atom. The standard InChI is InChI=1S/C20H34N4O2/c1-5-21-19(24-15-20(9-6-10-20)11-12-25-4)23-14-17-7-8-18(22-13-17)26-16(2)3/h7-8,13,16H,5-6,9-12,14-15H2,1-4H3,(H2,21,23,24). The molecule has 1 aromatic heterocycles. The van der Waals surface area contributed by atoms with Crippen molar-refractivity contribution in [1.29, 1.82) is 0 Å². The zero-order valence-electron chi connectivity index (χ0n) is 16.7. The number of ether oxygens (including phenoxy) is 2. The Labute approximate surface area is 157 Å². The summed E-state index contributed by atoms with van der Waals surface area (Å²) < 4.78 is 10.9. The van der Waals surface area contributed by atoms with Crippen molar-refractivity contribution in [2.24, 2.45) is 10.4 Å². The van der Waals surface area contributed by atoms with E-state index in [1.54, 1.807) is 7.11 Å². The number of methoxy groups -OCH3 is 1. The van der Waals surface area contributed by atoms with Crippen LogP contribution in [0.25, 0.3) is 0 Å². The van der Waals surface area contributed by atoms with Gasteiger partial charge in [0.15, 0.2) is 5.96 Å². The molecule has 0 spiro atoms. The molecule has 1 aliphatic rings. The summed E-state index contributed by atoms with van der Waals surface area (Å²) in [5, 5.41) is 6.85. The van der Waals surface area contributed by atoms with E-state index in [0.717, 1.165) is 37.6 Å². The van der Waals surface area contributed by atoms with Crippen LogP contribution < -0.4 is 15.4 Å². The van der Waals surface area contributed by atoms with Gasteiger partial charge < -0.3 is 20.1 Å². The monoisotopic (exact) mass is 362 g/mol. The van der Waals surface area contributed by atoms with E-state index in [-0.39, 0.29) is 6.10 Å². The van der Waals surface area contributed by atoms with Gasteiger partial charge in [-0.1, -0.05) is 12.5 Å². The molecule has 0 amide bonds. The van der Waals surface area contributed by atoms with Gasteiger partial charge in [0, 0.05) is 39.1 Å². The van der Waals surface area contributed by atoms with Gasteiger partial charge in [0.05, 0.1) is 12.6 Å². The summed E-state index contributed by atoms with van der Waals surface area (Å²) in [6, 6.07) is 3.92. The molecule has 146 valence electrons. The molecule has 6 heteroatoms. The van der Waals surface area contributed by atoms with E-state index in [0.29, 0.717) is 17.8 Å². The molecule has 0 aliphatic heterocycles. The Bertz CT molecular complexity index is 553. The van der Waals surface area contributed by atoms with Crippen LogP contribution >= 0.6 is 0 Å². The highest BCUT2D eigenvalue weighted by molar-refractivity contribution is 5.79. The van der Waals surface area contributed by atoms with Gasteiger partial charge in [0.2, 0.25) is 5.88 Å². The average Bonchev–Trinajstić information content (AvgIpc) is 2.59. The van der Waals surface area contributed by atoms with Gasteiger partial charge in [0.25, 0.3) is 0 Å². The molecule has 0 atom stereocenters. The Morgan fingerprint density at radius 1 is 1.31 bits per heavy atom. The van der Waals surface area contributed by atoms with Gasteiger partial charge in [-0.3, -0.25) is 0 Å². The number of hydrogen-bond acceptors (Lipinski definition) is 4. The molecule has 0 radical (unpaired) electrons. The van der Waals surface area contributed by atoms with Crippen LogP contribution in [0, 0.1) is 5.41 Å². The van der Waals surface area contributed by atoms with Crippen LogP contribution in [0.5, 0.6) is 5.88 Å². The molecule has 1 aliphatic carbocycles. The lowest BCUT2D eigenvalue weighted by Gasteiger charge is -2.42. The van der Waals surface area contributed by atoms with Gasteiger partial charge >= 0.3 is 0 Å². The van der Waals surface area contributed by atoms with Crippen LogP contribution in [0.2, 0.25) is 0 Å². The molecule has 26 heavy (non-hydrogen) atoms. The Balaban J connectivity index is 1.89. The summed E-state index contributed by atoms with van der Waals surface area (Å²) in [6.07, 6.45) is 6.92. The molecule has 0 unspecified atom stereocenters. The minimum absolute atomic E-state index is 0.132. The van der Waals surface area contributed by atoms with E-state index in [1.165, 1.54) is 19.3 Å². The van der Waals surface area contributed by atoms with E-state index in [4.69, 9.17) is 14.5 Å². The fraction of sp³-hybridized carbons (Fsp3) is 0.700. The first kappa shape index (κ1) is 20.5. The van der Waals surface area contributed by atoms with Crippen molar-refractivity contribution in [2.45, 2.75) is 59.1 Å². The maximum absolute atomic E-state index is 5.58. The zero-order valence-corrected chi connectivity index (χ0v) is 16.7. The molecular weight excluding hydrogens is 328 g/mol. The first-order valence-corrected chi connectivity index (χ1v) is 9.69. The minimum atomic E-state index is 0.132.